The van der Waals surface area contributed by atoms with Gasteiger partial charge in [-0.25, -0.2) is 9.78 Å². The molecule has 3 atom stereocenters. The van der Waals surface area contributed by atoms with E-state index in [0.717, 1.165) is 28.9 Å². The van der Waals surface area contributed by atoms with Gasteiger partial charge in [0, 0.05) is 18.6 Å². The minimum atomic E-state index is -0.366. The summed E-state index contributed by atoms with van der Waals surface area (Å²) in [5.41, 5.74) is 0. The molecule has 1 aromatic heterocycles. The summed E-state index contributed by atoms with van der Waals surface area (Å²) in [5.74, 6) is 1.36. The number of ether oxygens (including phenoxy) is 1. The molecule has 2 N–H and O–H groups in total. The van der Waals surface area contributed by atoms with E-state index in [1.807, 2.05) is 6.20 Å². The van der Waals surface area contributed by atoms with E-state index in [0.29, 0.717) is 18.0 Å². The first-order valence-corrected chi connectivity index (χ1v) is 8.80. The van der Waals surface area contributed by atoms with Gasteiger partial charge in [0.15, 0.2) is 0 Å². The molecule has 1 aliphatic rings. The Balaban J connectivity index is 2.10. The lowest BCUT2D eigenvalue weighted by Crippen LogP contribution is -2.48. The average molecular weight is 420 g/mol. The van der Waals surface area contributed by atoms with Crippen LogP contribution in [0, 0.1) is 9.62 Å². The lowest BCUT2D eigenvalue weighted by molar-refractivity contribution is 0.137. The number of methoxy groups -OCH3 is 1. The highest BCUT2D eigenvalue weighted by Gasteiger charge is 2.35. The predicted octanol–water partition coefficient (Wildman–Crippen LogP) is 2.92. The number of nitrogens with zero attached hydrogens (tertiary/aromatic N) is 2. The van der Waals surface area contributed by atoms with Gasteiger partial charge < -0.3 is 15.0 Å². The quantitative estimate of drug-likeness (QED) is 0.719. The Bertz CT molecular complexity index is 505. The van der Waals surface area contributed by atoms with Crippen LogP contribution in [-0.4, -0.2) is 46.7 Å². The maximum atomic E-state index is 11.6. The fourth-order valence-electron chi connectivity index (χ4n) is 2.98. The van der Waals surface area contributed by atoms with E-state index in [1.54, 1.807) is 0 Å². The smallest absolute Gasteiger partial charge is 0.407 e. The van der Waals surface area contributed by atoms with Crippen LogP contribution in [0.3, 0.4) is 0 Å². The molecule has 0 saturated carbocycles. The number of aromatic amines is 1. The standard InChI is InChI=1S/C15H25IN4O2/c1-9(2)11(18-15(21)22-4)8-20-10(3)5-6-12(20)14-17-7-13(16)19-14/h7,9-12H,5-6,8H2,1-4H3,(H,17,19)(H,18,21)/t10-,11+,12-/m0/s1. The second-order valence-electron chi connectivity index (χ2n) is 6.24. The molecule has 124 valence electrons. The molecular weight excluding hydrogens is 395 g/mol. The van der Waals surface area contributed by atoms with Crippen LogP contribution in [0.15, 0.2) is 6.20 Å². The fourth-order valence-corrected chi connectivity index (χ4v) is 3.40. The molecule has 0 bridgehead atoms. The highest BCUT2D eigenvalue weighted by atomic mass is 127. The number of rotatable bonds is 5. The number of hydrogen-bond donors (Lipinski definition) is 2. The number of H-pyrrole nitrogens is 1. The minimum absolute atomic E-state index is 0.0598. The van der Waals surface area contributed by atoms with Crippen molar-refractivity contribution in [2.24, 2.45) is 5.92 Å². The molecule has 0 spiro atoms. The minimum Gasteiger partial charge on any atom is -0.453 e. The van der Waals surface area contributed by atoms with Crippen molar-refractivity contribution in [3.63, 3.8) is 0 Å². The molecule has 6 nitrogen and oxygen atoms in total. The summed E-state index contributed by atoms with van der Waals surface area (Å²) >= 11 is 2.25. The molecule has 1 fully saturated rings. The van der Waals surface area contributed by atoms with Crippen LogP contribution in [0.2, 0.25) is 0 Å². The van der Waals surface area contributed by atoms with Gasteiger partial charge in [0.25, 0.3) is 0 Å². The molecule has 1 aliphatic heterocycles. The number of hydrogen-bond acceptors (Lipinski definition) is 4. The number of imidazole rings is 1. The number of halogens is 1. The Hall–Kier alpha value is -0.830. The second kappa shape index (κ2) is 7.63. The normalized spacial score (nSPS) is 23.7. The summed E-state index contributed by atoms with van der Waals surface area (Å²) in [6, 6.07) is 0.831. The van der Waals surface area contributed by atoms with Gasteiger partial charge in [0.1, 0.15) is 5.82 Å². The number of carbonyl (C=O) groups is 1. The molecule has 1 aromatic rings. The maximum absolute atomic E-state index is 11.6. The highest BCUT2D eigenvalue weighted by molar-refractivity contribution is 14.1. The molecule has 2 rings (SSSR count). The molecule has 0 unspecified atom stereocenters. The molecule has 0 radical (unpaired) electrons. The Morgan fingerprint density at radius 1 is 1.59 bits per heavy atom. The van der Waals surface area contributed by atoms with E-state index in [2.05, 4.69) is 63.5 Å². The summed E-state index contributed by atoms with van der Waals surface area (Å²) in [7, 11) is 1.40. The number of alkyl carbamates (subject to hydrolysis) is 1. The molecule has 22 heavy (non-hydrogen) atoms. The average Bonchev–Trinajstić information content (AvgIpc) is 3.04. The monoisotopic (exact) mass is 420 g/mol. The van der Waals surface area contributed by atoms with Crippen molar-refractivity contribution in [1.29, 1.82) is 0 Å². The molecule has 1 amide bonds. The van der Waals surface area contributed by atoms with Crippen molar-refractivity contribution in [3.05, 3.63) is 15.7 Å². The van der Waals surface area contributed by atoms with Crippen molar-refractivity contribution in [2.75, 3.05) is 13.7 Å². The topological polar surface area (TPSA) is 70.2 Å². The number of carbonyl (C=O) groups excluding carboxylic acids is 1. The van der Waals surface area contributed by atoms with E-state index in [4.69, 9.17) is 4.74 Å². The summed E-state index contributed by atoms with van der Waals surface area (Å²) in [6.45, 7) is 7.28. The van der Waals surface area contributed by atoms with E-state index < -0.39 is 0 Å². The van der Waals surface area contributed by atoms with E-state index in [-0.39, 0.29) is 12.1 Å². The lowest BCUT2D eigenvalue weighted by Gasteiger charge is -2.33. The molecular formula is C15H25IN4O2. The number of aromatic nitrogens is 2. The number of likely N-dealkylation sites (tertiary alicyclic amines) is 1. The largest absolute Gasteiger partial charge is 0.453 e. The van der Waals surface area contributed by atoms with Gasteiger partial charge in [0.2, 0.25) is 0 Å². The van der Waals surface area contributed by atoms with Crippen LogP contribution in [0.4, 0.5) is 4.79 Å². The number of nitrogens with one attached hydrogen (secondary N) is 2. The molecule has 1 saturated heterocycles. The highest BCUT2D eigenvalue weighted by Crippen LogP contribution is 2.35. The van der Waals surface area contributed by atoms with E-state index in [1.165, 1.54) is 7.11 Å². The van der Waals surface area contributed by atoms with Crippen LogP contribution in [0.5, 0.6) is 0 Å². The van der Waals surface area contributed by atoms with Crippen LogP contribution in [0.25, 0.3) is 0 Å². The first-order valence-electron chi connectivity index (χ1n) is 7.73. The van der Waals surface area contributed by atoms with Gasteiger partial charge in [-0.15, -0.1) is 0 Å². The van der Waals surface area contributed by atoms with Crippen LogP contribution < -0.4 is 5.32 Å². The van der Waals surface area contributed by atoms with Crippen molar-refractivity contribution in [1.82, 2.24) is 20.2 Å². The zero-order valence-corrected chi connectivity index (χ0v) is 15.8. The van der Waals surface area contributed by atoms with Gasteiger partial charge in [-0.3, -0.25) is 4.90 Å². The first-order chi connectivity index (χ1) is 10.4. The third-order valence-electron chi connectivity index (χ3n) is 4.41. The molecule has 0 aromatic carbocycles. The van der Waals surface area contributed by atoms with Crippen molar-refractivity contribution in [3.8, 4) is 0 Å². The molecule has 7 heteroatoms. The van der Waals surface area contributed by atoms with E-state index >= 15 is 0 Å². The Kier molecular flexibility index (Phi) is 6.08. The molecule has 2 heterocycles. The Labute approximate surface area is 145 Å². The fraction of sp³-hybridized carbons (Fsp3) is 0.733. The first kappa shape index (κ1) is 17.5. The van der Waals surface area contributed by atoms with Gasteiger partial charge in [-0.05, 0) is 48.3 Å². The zero-order chi connectivity index (χ0) is 16.3. The lowest BCUT2D eigenvalue weighted by atomic mass is 10.0. The second-order valence-corrected chi connectivity index (χ2v) is 7.40. The van der Waals surface area contributed by atoms with Gasteiger partial charge >= 0.3 is 6.09 Å². The Morgan fingerprint density at radius 2 is 2.32 bits per heavy atom. The molecule has 0 aliphatic carbocycles. The summed E-state index contributed by atoms with van der Waals surface area (Å²) < 4.78 is 5.80. The zero-order valence-electron chi connectivity index (χ0n) is 13.6. The van der Waals surface area contributed by atoms with Gasteiger partial charge in [-0.2, -0.15) is 0 Å². The van der Waals surface area contributed by atoms with Crippen molar-refractivity contribution in [2.45, 2.75) is 51.7 Å². The SMILES string of the molecule is COC(=O)N[C@H](CN1[C@@H](C)CC[C@H]1c1ncc(I)[nH]1)C(C)C. The van der Waals surface area contributed by atoms with Crippen molar-refractivity contribution >= 4 is 28.7 Å². The third-order valence-corrected chi connectivity index (χ3v) is 4.95. The van der Waals surface area contributed by atoms with Crippen molar-refractivity contribution < 1.29 is 9.53 Å². The Morgan fingerprint density at radius 3 is 2.86 bits per heavy atom. The van der Waals surface area contributed by atoms with Crippen LogP contribution in [-0.2, 0) is 4.74 Å². The van der Waals surface area contributed by atoms with Crippen LogP contribution in [0.1, 0.15) is 45.5 Å². The van der Waals surface area contributed by atoms with Crippen LogP contribution >= 0.6 is 22.6 Å². The number of amides is 1. The summed E-state index contributed by atoms with van der Waals surface area (Å²) in [6.07, 6.45) is 3.73. The summed E-state index contributed by atoms with van der Waals surface area (Å²) in [5, 5.41) is 2.96. The predicted molar refractivity (Wildman–Crippen MR) is 93.6 cm³/mol. The van der Waals surface area contributed by atoms with Gasteiger partial charge in [0.05, 0.1) is 23.0 Å². The third kappa shape index (κ3) is 4.13. The van der Waals surface area contributed by atoms with E-state index in [9.17, 15) is 4.79 Å². The maximum Gasteiger partial charge on any atom is 0.407 e. The summed E-state index contributed by atoms with van der Waals surface area (Å²) in [4.78, 5) is 21.8. The van der Waals surface area contributed by atoms with Gasteiger partial charge in [-0.1, -0.05) is 13.8 Å².